The van der Waals surface area contributed by atoms with Crippen molar-refractivity contribution in [2.75, 3.05) is 0 Å². The summed E-state index contributed by atoms with van der Waals surface area (Å²) < 4.78 is 6.64. The molecule has 0 atom stereocenters. The fourth-order valence-electron chi connectivity index (χ4n) is 1.90. The zero-order valence-corrected chi connectivity index (χ0v) is 12.7. The lowest BCUT2D eigenvalue weighted by Gasteiger charge is -2.12. The number of hydrogen-bond donors (Lipinski definition) is 0. The highest BCUT2D eigenvalue weighted by molar-refractivity contribution is 9.10. The smallest absolute Gasteiger partial charge is 0.151 e. The molecule has 98 valence electrons. The second-order valence-electron chi connectivity index (χ2n) is 4.61. The summed E-state index contributed by atoms with van der Waals surface area (Å²) in [6, 6.07) is 9.49. The van der Waals surface area contributed by atoms with Crippen LogP contribution in [-0.4, -0.2) is 6.29 Å². The van der Waals surface area contributed by atoms with Gasteiger partial charge in [0.1, 0.15) is 11.5 Å². The number of aryl methyl sites for hydroxylation is 2. The van der Waals surface area contributed by atoms with E-state index in [1.54, 1.807) is 18.2 Å². The molecule has 0 saturated carbocycles. The van der Waals surface area contributed by atoms with Crippen LogP contribution < -0.4 is 4.74 Å². The summed E-state index contributed by atoms with van der Waals surface area (Å²) in [6.45, 7) is 6.16. The maximum absolute atomic E-state index is 10.8. The zero-order valence-electron chi connectivity index (χ0n) is 11.2. The standard InChI is InChI=1S/C16H15BrO2/c1-10-6-11(2)12(3)16(7-10)19-14-5-4-13(9-18)15(17)8-14/h4-9H,1-3H3. The van der Waals surface area contributed by atoms with E-state index in [1.807, 2.05) is 19.9 Å². The molecule has 0 unspecified atom stereocenters. The maximum Gasteiger partial charge on any atom is 0.151 e. The average Bonchev–Trinajstić information content (AvgIpc) is 2.35. The Morgan fingerprint density at radius 1 is 1.11 bits per heavy atom. The summed E-state index contributed by atoms with van der Waals surface area (Å²) in [6.07, 6.45) is 0.815. The highest BCUT2D eigenvalue weighted by Gasteiger charge is 2.07. The van der Waals surface area contributed by atoms with Crippen LogP contribution in [0.5, 0.6) is 11.5 Å². The van der Waals surface area contributed by atoms with E-state index in [0.29, 0.717) is 11.3 Å². The number of carbonyl (C=O) groups is 1. The van der Waals surface area contributed by atoms with E-state index < -0.39 is 0 Å². The summed E-state index contributed by atoms with van der Waals surface area (Å²) in [7, 11) is 0. The van der Waals surface area contributed by atoms with Crippen LogP contribution in [0.15, 0.2) is 34.8 Å². The van der Waals surface area contributed by atoms with Crippen LogP contribution in [-0.2, 0) is 0 Å². The summed E-state index contributed by atoms with van der Waals surface area (Å²) in [5.74, 6) is 1.56. The van der Waals surface area contributed by atoms with E-state index in [-0.39, 0.29) is 0 Å². The average molecular weight is 319 g/mol. The monoisotopic (exact) mass is 318 g/mol. The highest BCUT2D eigenvalue weighted by atomic mass is 79.9. The zero-order chi connectivity index (χ0) is 14.0. The minimum Gasteiger partial charge on any atom is -0.457 e. The molecule has 0 saturated heterocycles. The number of rotatable bonds is 3. The van der Waals surface area contributed by atoms with Crippen molar-refractivity contribution in [2.24, 2.45) is 0 Å². The van der Waals surface area contributed by atoms with Crippen molar-refractivity contribution in [1.29, 1.82) is 0 Å². The second-order valence-corrected chi connectivity index (χ2v) is 5.46. The molecule has 0 spiro atoms. The molecule has 19 heavy (non-hydrogen) atoms. The fraction of sp³-hybridized carbons (Fsp3) is 0.188. The van der Waals surface area contributed by atoms with Crippen molar-refractivity contribution < 1.29 is 9.53 Å². The maximum atomic E-state index is 10.8. The Hall–Kier alpha value is -1.61. The Labute approximate surface area is 121 Å². The van der Waals surface area contributed by atoms with Crippen molar-refractivity contribution in [2.45, 2.75) is 20.8 Å². The molecule has 0 aromatic heterocycles. The Balaban J connectivity index is 2.36. The number of hydrogen-bond acceptors (Lipinski definition) is 2. The lowest BCUT2D eigenvalue weighted by Crippen LogP contribution is -1.92. The molecule has 2 aromatic carbocycles. The molecule has 0 N–H and O–H groups in total. The lowest BCUT2D eigenvalue weighted by atomic mass is 10.1. The van der Waals surface area contributed by atoms with Gasteiger partial charge in [-0.15, -0.1) is 0 Å². The first-order chi connectivity index (χ1) is 9.01. The third-order valence-electron chi connectivity index (χ3n) is 3.09. The van der Waals surface area contributed by atoms with Gasteiger partial charge in [-0.1, -0.05) is 6.07 Å². The molecule has 0 radical (unpaired) electrons. The van der Waals surface area contributed by atoms with E-state index in [0.717, 1.165) is 22.1 Å². The lowest BCUT2D eigenvalue weighted by molar-refractivity contribution is 0.112. The van der Waals surface area contributed by atoms with Gasteiger partial charge in [-0.05, 0) is 77.7 Å². The molecule has 0 fully saturated rings. The predicted molar refractivity (Wildman–Crippen MR) is 80.3 cm³/mol. The van der Waals surface area contributed by atoms with Gasteiger partial charge in [0.2, 0.25) is 0 Å². The number of halogens is 1. The first kappa shape index (κ1) is 13.8. The van der Waals surface area contributed by atoms with Gasteiger partial charge in [-0.25, -0.2) is 0 Å². The van der Waals surface area contributed by atoms with Crippen LogP contribution >= 0.6 is 15.9 Å². The molecule has 3 heteroatoms. The minimum absolute atomic E-state index is 0.615. The molecule has 2 nitrogen and oxygen atoms in total. The summed E-state index contributed by atoms with van der Waals surface area (Å²) >= 11 is 3.36. The van der Waals surface area contributed by atoms with Gasteiger partial charge < -0.3 is 4.74 Å². The summed E-state index contributed by atoms with van der Waals surface area (Å²) in [4.78, 5) is 10.8. The van der Waals surface area contributed by atoms with Crippen molar-refractivity contribution in [1.82, 2.24) is 0 Å². The first-order valence-corrected chi connectivity index (χ1v) is 6.81. The molecule has 0 aliphatic heterocycles. The van der Waals surface area contributed by atoms with Gasteiger partial charge in [-0.3, -0.25) is 4.79 Å². The van der Waals surface area contributed by atoms with Crippen molar-refractivity contribution in [3.8, 4) is 11.5 Å². The van der Waals surface area contributed by atoms with Gasteiger partial charge in [-0.2, -0.15) is 0 Å². The van der Waals surface area contributed by atoms with E-state index in [2.05, 4.69) is 28.9 Å². The van der Waals surface area contributed by atoms with Crippen LogP contribution in [0.2, 0.25) is 0 Å². The third kappa shape index (κ3) is 3.04. The Morgan fingerprint density at radius 3 is 2.47 bits per heavy atom. The van der Waals surface area contributed by atoms with Gasteiger partial charge in [0.25, 0.3) is 0 Å². The molecule has 2 rings (SSSR count). The van der Waals surface area contributed by atoms with Gasteiger partial charge >= 0.3 is 0 Å². The Morgan fingerprint density at radius 2 is 1.84 bits per heavy atom. The van der Waals surface area contributed by atoms with E-state index in [1.165, 1.54) is 11.1 Å². The normalized spacial score (nSPS) is 10.3. The Kier molecular flexibility index (Phi) is 4.05. The topological polar surface area (TPSA) is 26.3 Å². The largest absolute Gasteiger partial charge is 0.457 e. The van der Waals surface area contributed by atoms with Gasteiger partial charge in [0.05, 0.1) is 0 Å². The second kappa shape index (κ2) is 5.57. The van der Waals surface area contributed by atoms with Crippen LogP contribution in [0.25, 0.3) is 0 Å². The number of ether oxygens (including phenoxy) is 1. The molecule has 0 amide bonds. The number of carbonyl (C=O) groups excluding carboxylic acids is 1. The third-order valence-corrected chi connectivity index (χ3v) is 3.78. The number of aldehydes is 1. The van der Waals surface area contributed by atoms with Crippen LogP contribution in [0.4, 0.5) is 0 Å². The van der Waals surface area contributed by atoms with E-state index in [4.69, 9.17) is 4.74 Å². The molecule has 0 aliphatic carbocycles. The van der Waals surface area contributed by atoms with Crippen molar-refractivity contribution in [3.63, 3.8) is 0 Å². The quantitative estimate of drug-likeness (QED) is 0.746. The minimum atomic E-state index is 0.615. The predicted octanol–water partition coefficient (Wildman–Crippen LogP) is 4.98. The molecule has 0 bridgehead atoms. The van der Waals surface area contributed by atoms with Crippen LogP contribution in [0.1, 0.15) is 27.0 Å². The number of benzene rings is 2. The SMILES string of the molecule is Cc1cc(C)c(C)c(Oc2ccc(C=O)c(Br)c2)c1. The molecule has 0 aliphatic rings. The van der Waals surface area contributed by atoms with Crippen LogP contribution in [0.3, 0.4) is 0 Å². The van der Waals surface area contributed by atoms with Gasteiger partial charge in [0, 0.05) is 10.0 Å². The van der Waals surface area contributed by atoms with Crippen molar-refractivity contribution in [3.05, 3.63) is 57.1 Å². The van der Waals surface area contributed by atoms with E-state index in [9.17, 15) is 4.79 Å². The first-order valence-electron chi connectivity index (χ1n) is 6.01. The van der Waals surface area contributed by atoms with E-state index >= 15 is 0 Å². The summed E-state index contributed by atoms with van der Waals surface area (Å²) in [5.41, 5.74) is 4.12. The fourth-order valence-corrected chi connectivity index (χ4v) is 2.35. The molecular weight excluding hydrogens is 304 g/mol. The summed E-state index contributed by atoms with van der Waals surface area (Å²) in [5, 5.41) is 0. The van der Waals surface area contributed by atoms with Gasteiger partial charge in [0.15, 0.2) is 6.29 Å². The highest BCUT2D eigenvalue weighted by Crippen LogP contribution is 2.30. The molecule has 0 heterocycles. The molecule has 2 aromatic rings. The van der Waals surface area contributed by atoms with Crippen molar-refractivity contribution >= 4 is 22.2 Å². The Bertz CT molecular complexity index is 633. The van der Waals surface area contributed by atoms with Crippen LogP contribution in [0, 0.1) is 20.8 Å². The molecular formula is C16H15BrO2.